The van der Waals surface area contributed by atoms with E-state index in [0.29, 0.717) is 6.04 Å². The molecule has 2 aromatic rings. The molecule has 1 unspecified atom stereocenters. The molecule has 0 radical (unpaired) electrons. The molecule has 1 atom stereocenters. The second kappa shape index (κ2) is 5.07. The average molecular weight is 240 g/mol. The lowest BCUT2D eigenvalue weighted by molar-refractivity contribution is 0.240. The summed E-state index contributed by atoms with van der Waals surface area (Å²) in [6.07, 6.45) is 6.07. The highest BCUT2D eigenvalue weighted by molar-refractivity contribution is 5.81. The second-order valence-corrected chi connectivity index (χ2v) is 5.35. The van der Waals surface area contributed by atoms with Crippen molar-refractivity contribution in [2.24, 2.45) is 5.92 Å². The highest BCUT2D eigenvalue weighted by atomic mass is 14.9. The minimum Gasteiger partial charge on any atom is -0.310 e. The van der Waals surface area contributed by atoms with Crippen molar-refractivity contribution >= 4 is 10.9 Å². The van der Waals surface area contributed by atoms with Crippen molar-refractivity contribution in [3.63, 3.8) is 0 Å². The van der Waals surface area contributed by atoms with E-state index in [0.717, 1.165) is 18.0 Å². The lowest BCUT2D eigenvalue weighted by Gasteiger charge is -2.32. The first kappa shape index (κ1) is 11.7. The SMILES string of the molecule is CC(NCc1cccc2cccnc12)C1CCC1. The van der Waals surface area contributed by atoms with Gasteiger partial charge in [-0.2, -0.15) is 0 Å². The Morgan fingerprint density at radius 2 is 2.11 bits per heavy atom. The number of hydrogen-bond donors (Lipinski definition) is 1. The highest BCUT2D eigenvalue weighted by Gasteiger charge is 2.23. The molecule has 1 aliphatic carbocycles. The molecule has 0 aliphatic heterocycles. The third-order valence-electron chi connectivity index (χ3n) is 4.19. The maximum Gasteiger partial charge on any atom is 0.0746 e. The summed E-state index contributed by atoms with van der Waals surface area (Å²) in [6.45, 7) is 3.23. The van der Waals surface area contributed by atoms with E-state index in [4.69, 9.17) is 0 Å². The van der Waals surface area contributed by atoms with Gasteiger partial charge in [0.15, 0.2) is 0 Å². The third kappa shape index (κ3) is 2.25. The highest BCUT2D eigenvalue weighted by Crippen LogP contribution is 2.29. The van der Waals surface area contributed by atoms with Gasteiger partial charge in [0, 0.05) is 24.2 Å². The van der Waals surface area contributed by atoms with Crippen molar-refractivity contribution < 1.29 is 0 Å². The van der Waals surface area contributed by atoms with Crippen LogP contribution in [0.5, 0.6) is 0 Å². The van der Waals surface area contributed by atoms with Gasteiger partial charge in [-0.25, -0.2) is 0 Å². The van der Waals surface area contributed by atoms with Gasteiger partial charge < -0.3 is 5.32 Å². The zero-order chi connectivity index (χ0) is 12.4. The third-order valence-corrected chi connectivity index (χ3v) is 4.19. The predicted octanol–water partition coefficient (Wildman–Crippen LogP) is 3.51. The van der Waals surface area contributed by atoms with Crippen molar-refractivity contribution in [3.8, 4) is 0 Å². The summed E-state index contributed by atoms with van der Waals surface area (Å²) in [6, 6.07) is 11.2. The Balaban J connectivity index is 1.74. The molecule has 0 bridgehead atoms. The van der Waals surface area contributed by atoms with E-state index >= 15 is 0 Å². The summed E-state index contributed by atoms with van der Waals surface area (Å²) in [5, 5.41) is 4.88. The first-order valence-electron chi connectivity index (χ1n) is 6.90. The molecular weight excluding hydrogens is 220 g/mol. The normalized spacial score (nSPS) is 17.6. The fraction of sp³-hybridized carbons (Fsp3) is 0.438. The van der Waals surface area contributed by atoms with Gasteiger partial charge >= 0.3 is 0 Å². The number of hydrogen-bond acceptors (Lipinski definition) is 2. The molecule has 1 heterocycles. The van der Waals surface area contributed by atoms with Crippen LogP contribution in [0.3, 0.4) is 0 Å². The number of pyridine rings is 1. The topological polar surface area (TPSA) is 24.9 Å². The first-order chi connectivity index (χ1) is 8.84. The fourth-order valence-electron chi connectivity index (χ4n) is 2.69. The zero-order valence-corrected chi connectivity index (χ0v) is 10.9. The second-order valence-electron chi connectivity index (χ2n) is 5.35. The first-order valence-corrected chi connectivity index (χ1v) is 6.90. The van der Waals surface area contributed by atoms with Crippen LogP contribution in [0.25, 0.3) is 10.9 Å². The summed E-state index contributed by atoms with van der Waals surface area (Å²) >= 11 is 0. The van der Waals surface area contributed by atoms with Crippen LogP contribution in [0, 0.1) is 5.92 Å². The van der Waals surface area contributed by atoms with Gasteiger partial charge in [0.25, 0.3) is 0 Å². The van der Waals surface area contributed by atoms with Crippen molar-refractivity contribution in [2.75, 3.05) is 0 Å². The van der Waals surface area contributed by atoms with Crippen LogP contribution >= 0.6 is 0 Å². The van der Waals surface area contributed by atoms with E-state index in [9.17, 15) is 0 Å². The van der Waals surface area contributed by atoms with Crippen LogP contribution in [0.1, 0.15) is 31.7 Å². The molecule has 3 rings (SSSR count). The van der Waals surface area contributed by atoms with E-state index < -0.39 is 0 Å². The molecule has 0 saturated heterocycles. The van der Waals surface area contributed by atoms with Gasteiger partial charge in [0.1, 0.15) is 0 Å². The largest absolute Gasteiger partial charge is 0.310 e. The van der Waals surface area contributed by atoms with Gasteiger partial charge in [-0.05, 0) is 37.3 Å². The number of benzene rings is 1. The van der Waals surface area contributed by atoms with Gasteiger partial charge in [-0.15, -0.1) is 0 Å². The quantitative estimate of drug-likeness (QED) is 0.884. The minimum absolute atomic E-state index is 0.623. The smallest absolute Gasteiger partial charge is 0.0746 e. The van der Waals surface area contributed by atoms with Gasteiger partial charge in [0.05, 0.1) is 5.52 Å². The Labute approximate surface area is 108 Å². The van der Waals surface area contributed by atoms with Gasteiger partial charge in [0.2, 0.25) is 0 Å². The summed E-state index contributed by atoms with van der Waals surface area (Å²) in [4.78, 5) is 4.50. The summed E-state index contributed by atoms with van der Waals surface area (Å²) in [7, 11) is 0. The van der Waals surface area contributed by atoms with Crippen LogP contribution in [-0.2, 0) is 6.54 Å². The van der Waals surface area contributed by atoms with Crippen molar-refractivity contribution in [2.45, 2.75) is 38.8 Å². The maximum absolute atomic E-state index is 4.50. The van der Waals surface area contributed by atoms with Gasteiger partial charge in [-0.3, -0.25) is 4.98 Å². The Morgan fingerprint density at radius 3 is 2.89 bits per heavy atom. The molecule has 0 spiro atoms. The predicted molar refractivity (Wildman–Crippen MR) is 75.4 cm³/mol. The number of nitrogens with one attached hydrogen (secondary N) is 1. The fourth-order valence-corrected chi connectivity index (χ4v) is 2.69. The van der Waals surface area contributed by atoms with Crippen LogP contribution in [0.4, 0.5) is 0 Å². The summed E-state index contributed by atoms with van der Waals surface area (Å²) in [5.74, 6) is 0.882. The molecule has 0 amide bonds. The molecule has 2 heteroatoms. The van der Waals surface area contributed by atoms with Crippen LogP contribution in [0.15, 0.2) is 36.5 Å². The molecule has 1 aliphatic rings. The lowest BCUT2D eigenvalue weighted by Crippen LogP contribution is -2.36. The number of nitrogens with zero attached hydrogens (tertiary/aromatic N) is 1. The standard InChI is InChI=1S/C16H20N2/c1-12(13-5-2-6-13)18-11-15-8-3-7-14-9-4-10-17-16(14)15/h3-4,7-10,12-13,18H,2,5-6,11H2,1H3. The molecule has 1 saturated carbocycles. The van der Waals surface area contributed by atoms with E-state index in [1.54, 1.807) is 0 Å². The molecule has 2 nitrogen and oxygen atoms in total. The Hall–Kier alpha value is -1.41. The Bertz CT molecular complexity index is 526. The monoisotopic (exact) mass is 240 g/mol. The van der Waals surface area contributed by atoms with E-state index in [1.165, 1.54) is 30.2 Å². The van der Waals surface area contributed by atoms with E-state index in [-0.39, 0.29) is 0 Å². The molecule has 1 aromatic carbocycles. The summed E-state index contributed by atoms with van der Waals surface area (Å²) in [5.41, 5.74) is 2.44. The van der Waals surface area contributed by atoms with Crippen molar-refractivity contribution in [3.05, 3.63) is 42.1 Å². The zero-order valence-electron chi connectivity index (χ0n) is 10.9. The number of fused-ring (bicyclic) bond motifs is 1. The van der Waals surface area contributed by atoms with Crippen LogP contribution in [0.2, 0.25) is 0 Å². The minimum atomic E-state index is 0.623. The number of para-hydroxylation sites is 1. The molecule has 18 heavy (non-hydrogen) atoms. The molecule has 1 N–H and O–H groups in total. The Morgan fingerprint density at radius 1 is 1.28 bits per heavy atom. The molecule has 1 aromatic heterocycles. The molecular formula is C16H20N2. The van der Waals surface area contributed by atoms with Crippen molar-refractivity contribution in [1.82, 2.24) is 10.3 Å². The van der Waals surface area contributed by atoms with Crippen LogP contribution < -0.4 is 5.32 Å². The maximum atomic E-state index is 4.50. The lowest BCUT2D eigenvalue weighted by atomic mass is 9.80. The molecule has 94 valence electrons. The van der Waals surface area contributed by atoms with E-state index in [1.807, 2.05) is 12.3 Å². The molecule has 1 fully saturated rings. The number of aromatic nitrogens is 1. The van der Waals surface area contributed by atoms with Crippen molar-refractivity contribution in [1.29, 1.82) is 0 Å². The van der Waals surface area contributed by atoms with E-state index in [2.05, 4.69) is 41.5 Å². The van der Waals surface area contributed by atoms with Gasteiger partial charge in [-0.1, -0.05) is 30.7 Å². The number of rotatable bonds is 4. The summed E-state index contributed by atoms with van der Waals surface area (Å²) < 4.78 is 0. The average Bonchev–Trinajstić information content (AvgIpc) is 2.34. The Kier molecular flexibility index (Phi) is 3.28. The van der Waals surface area contributed by atoms with Crippen LogP contribution in [-0.4, -0.2) is 11.0 Å².